The average molecular weight is 271 g/mol. The van der Waals surface area contributed by atoms with Crippen LogP contribution < -0.4 is 10.6 Å². The van der Waals surface area contributed by atoms with Crippen LogP contribution in [0.1, 0.15) is 28.9 Å². The van der Waals surface area contributed by atoms with Crippen LogP contribution in [-0.2, 0) is 6.42 Å². The minimum absolute atomic E-state index is 0.0307. The molecule has 3 N–H and O–H groups in total. The maximum absolute atomic E-state index is 11.5. The molecule has 2 amide bonds. The predicted octanol–water partition coefficient (Wildman–Crippen LogP) is 1.37. The summed E-state index contributed by atoms with van der Waals surface area (Å²) in [4.78, 5) is 17.1. The van der Waals surface area contributed by atoms with Crippen molar-refractivity contribution in [3.05, 3.63) is 15.6 Å². The second-order valence-electron chi connectivity index (χ2n) is 4.18. The molecule has 6 heteroatoms. The molecule has 1 aromatic heterocycles. The van der Waals surface area contributed by atoms with Gasteiger partial charge in [-0.05, 0) is 20.3 Å². The number of rotatable bonds is 6. The first-order valence-electron chi connectivity index (χ1n) is 6.15. The normalized spacial score (nSPS) is 12.2. The molecular formula is C12H21N3O2S. The van der Waals surface area contributed by atoms with Crippen LogP contribution in [0.2, 0.25) is 0 Å². The Balaban J connectivity index is 2.29. The molecule has 0 saturated carbocycles. The summed E-state index contributed by atoms with van der Waals surface area (Å²) in [6.45, 7) is 6.43. The number of aliphatic hydroxyl groups excluding tert-OH is 1. The van der Waals surface area contributed by atoms with Crippen molar-refractivity contribution in [3.8, 4) is 0 Å². The van der Waals surface area contributed by atoms with E-state index in [-0.39, 0.29) is 18.7 Å². The van der Waals surface area contributed by atoms with E-state index in [1.807, 2.05) is 20.8 Å². The highest BCUT2D eigenvalue weighted by Gasteiger charge is 2.09. The molecule has 1 atom stereocenters. The lowest BCUT2D eigenvalue weighted by Gasteiger charge is -2.14. The van der Waals surface area contributed by atoms with Gasteiger partial charge in [-0.2, -0.15) is 0 Å². The summed E-state index contributed by atoms with van der Waals surface area (Å²) in [7, 11) is 0. The number of aliphatic hydroxyl groups is 1. The molecule has 0 saturated heterocycles. The summed E-state index contributed by atoms with van der Waals surface area (Å²) < 4.78 is 0. The van der Waals surface area contributed by atoms with Gasteiger partial charge in [0.1, 0.15) is 0 Å². The van der Waals surface area contributed by atoms with Crippen molar-refractivity contribution in [1.29, 1.82) is 0 Å². The van der Waals surface area contributed by atoms with Crippen molar-refractivity contribution in [2.75, 3.05) is 13.2 Å². The Morgan fingerprint density at radius 3 is 2.72 bits per heavy atom. The first-order valence-corrected chi connectivity index (χ1v) is 6.96. The second kappa shape index (κ2) is 7.33. The fourth-order valence-corrected chi connectivity index (χ4v) is 2.54. The number of nitrogens with one attached hydrogen (secondary N) is 2. The summed E-state index contributed by atoms with van der Waals surface area (Å²) in [5.41, 5.74) is 1.04. The molecule has 102 valence electrons. The molecule has 0 aliphatic heterocycles. The molecule has 1 unspecified atom stereocenters. The van der Waals surface area contributed by atoms with Gasteiger partial charge in [-0.25, -0.2) is 9.78 Å². The zero-order valence-electron chi connectivity index (χ0n) is 11.1. The van der Waals surface area contributed by atoms with E-state index in [0.717, 1.165) is 23.5 Å². The van der Waals surface area contributed by atoms with E-state index in [9.17, 15) is 4.79 Å². The van der Waals surface area contributed by atoms with Crippen molar-refractivity contribution < 1.29 is 9.90 Å². The van der Waals surface area contributed by atoms with Gasteiger partial charge in [-0.3, -0.25) is 0 Å². The van der Waals surface area contributed by atoms with Crippen LogP contribution in [0, 0.1) is 13.8 Å². The SMILES string of the molecule is CCC(CO)NC(=O)NCCc1sc(C)nc1C. The Hall–Kier alpha value is -1.14. The van der Waals surface area contributed by atoms with Gasteiger partial charge in [0.15, 0.2) is 0 Å². The van der Waals surface area contributed by atoms with Crippen LogP contribution in [0.3, 0.4) is 0 Å². The molecule has 0 spiro atoms. The number of hydrogen-bond acceptors (Lipinski definition) is 4. The van der Waals surface area contributed by atoms with Crippen molar-refractivity contribution in [3.63, 3.8) is 0 Å². The number of aryl methyl sites for hydroxylation is 2. The number of carbonyl (C=O) groups is 1. The molecule has 0 aromatic carbocycles. The number of amides is 2. The molecule has 18 heavy (non-hydrogen) atoms. The summed E-state index contributed by atoms with van der Waals surface area (Å²) in [5, 5.41) is 15.5. The van der Waals surface area contributed by atoms with Crippen molar-refractivity contribution in [2.45, 2.75) is 39.7 Å². The van der Waals surface area contributed by atoms with Crippen LogP contribution in [0.15, 0.2) is 0 Å². The van der Waals surface area contributed by atoms with E-state index in [4.69, 9.17) is 5.11 Å². The second-order valence-corrected chi connectivity index (χ2v) is 5.47. The largest absolute Gasteiger partial charge is 0.394 e. The number of nitrogens with zero attached hydrogens (tertiary/aromatic N) is 1. The summed E-state index contributed by atoms with van der Waals surface area (Å²) in [6.07, 6.45) is 1.51. The Kier molecular flexibility index (Phi) is 6.07. The van der Waals surface area contributed by atoms with Crippen molar-refractivity contribution in [1.82, 2.24) is 15.6 Å². The van der Waals surface area contributed by atoms with Gasteiger partial charge in [0.25, 0.3) is 0 Å². The van der Waals surface area contributed by atoms with Gasteiger partial charge in [0.05, 0.1) is 23.4 Å². The fraction of sp³-hybridized carbons (Fsp3) is 0.667. The van der Waals surface area contributed by atoms with E-state index in [1.54, 1.807) is 11.3 Å². The molecule has 1 rings (SSSR count). The quantitative estimate of drug-likeness (QED) is 0.731. The summed E-state index contributed by atoms with van der Waals surface area (Å²) >= 11 is 1.67. The topological polar surface area (TPSA) is 74.2 Å². The van der Waals surface area contributed by atoms with Gasteiger partial charge >= 0.3 is 6.03 Å². The molecule has 0 radical (unpaired) electrons. The lowest BCUT2D eigenvalue weighted by molar-refractivity contribution is 0.214. The number of aromatic nitrogens is 1. The fourth-order valence-electron chi connectivity index (χ4n) is 1.61. The van der Waals surface area contributed by atoms with E-state index in [0.29, 0.717) is 6.54 Å². The molecule has 0 fully saturated rings. The van der Waals surface area contributed by atoms with Gasteiger partial charge in [0, 0.05) is 17.8 Å². The number of thiazole rings is 1. The number of carbonyl (C=O) groups excluding carboxylic acids is 1. The lowest BCUT2D eigenvalue weighted by atomic mass is 10.2. The Morgan fingerprint density at radius 1 is 1.50 bits per heavy atom. The molecular weight excluding hydrogens is 250 g/mol. The van der Waals surface area contributed by atoms with Gasteiger partial charge in [-0.15, -0.1) is 11.3 Å². The third kappa shape index (κ3) is 4.62. The van der Waals surface area contributed by atoms with Gasteiger partial charge < -0.3 is 15.7 Å². The molecule has 0 aliphatic rings. The van der Waals surface area contributed by atoms with Gasteiger partial charge in [-0.1, -0.05) is 6.92 Å². The van der Waals surface area contributed by atoms with Crippen molar-refractivity contribution in [2.24, 2.45) is 0 Å². The molecule has 1 aromatic rings. The molecule has 1 heterocycles. The first kappa shape index (κ1) is 14.9. The Bertz CT molecular complexity index is 389. The van der Waals surface area contributed by atoms with Crippen LogP contribution in [0.25, 0.3) is 0 Å². The lowest BCUT2D eigenvalue weighted by Crippen LogP contribution is -2.44. The smallest absolute Gasteiger partial charge is 0.315 e. The number of urea groups is 1. The monoisotopic (exact) mass is 271 g/mol. The third-order valence-corrected chi connectivity index (χ3v) is 3.82. The van der Waals surface area contributed by atoms with E-state index >= 15 is 0 Å². The maximum Gasteiger partial charge on any atom is 0.315 e. The van der Waals surface area contributed by atoms with Crippen molar-refractivity contribution >= 4 is 17.4 Å². The highest BCUT2D eigenvalue weighted by molar-refractivity contribution is 7.11. The third-order valence-electron chi connectivity index (χ3n) is 2.69. The maximum atomic E-state index is 11.5. The molecule has 5 nitrogen and oxygen atoms in total. The van der Waals surface area contributed by atoms with E-state index < -0.39 is 0 Å². The van der Waals surface area contributed by atoms with Gasteiger partial charge in [0.2, 0.25) is 0 Å². The summed E-state index contributed by atoms with van der Waals surface area (Å²) in [5.74, 6) is 0. The average Bonchev–Trinajstić information content (AvgIpc) is 2.65. The van der Waals surface area contributed by atoms with E-state index in [1.165, 1.54) is 4.88 Å². The standard InChI is InChI=1S/C12H21N3O2S/c1-4-10(7-16)15-12(17)13-6-5-11-8(2)14-9(3)18-11/h10,16H,4-7H2,1-3H3,(H2,13,15,17). The Labute approximate surface area is 112 Å². The highest BCUT2D eigenvalue weighted by Crippen LogP contribution is 2.16. The number of hydrogen-bond donors (Lipinski definition) is 3. The van der Waals surface area contributed by atoms with Crippen LogP contribution >= 0.6 is 11.3 Å². The first-order chi connectivity index (χ1) is 8.56. The highest BCUT2D eigenvalue weighted by atomic mass is 32.1. The predicted molar refractivity (Wildman–Crippen MR) is 73.0 cm³/mol. The summed E-state index contributed by atoms with van der Waals surface area (Å²) in [6, 6.07) is -0.396. The van der Waals surface area contributed by atoms with Crippen LogP contribution in [0.5, 0.6) is 0 Å². The Morgan fingerprint density at radius 2 is 2.22 bits per heavy atom. The molecule has 0 bridgehead atoms. The minimum Gasteiger partial charge on any atom is -0.394 e. The van der Waals surface area contributed by atoms with Crippen LogP contribution in [0.4, 0.5) is 4.79 Å². The zero-order chi connectivity index (χ0) is 13.5. The van der Waals surface area contributed by atoms with Crippen LogP contribution in [-0.4, -0.2) is 35.3 Å². The zero-order valence-corrected chi connectivity index (χ0v) is 11.9. The minimum atomic E-state index is -0.227. The molecule has 0 aliphatic carbocycles. The van der Waals surface area contributed by atoms with E-state index in [2.05, 4.69) is 15.6 Å².